The summed E-state index contributed by atoms with van der Waals surface area (Å²) in [6, 6.07) is 8.39. The molecule has 4 heteroatoms. The van der Waals surface area contributed by atoms with Gasteiger partial charge in [-0.3, -0.25) is 0 Å². The third-order valence-corrected chi connectivity index (χ3v) is 3.21. The lowest BCUT2D eigenvalue weighted by molar-refractivity contribution is 0.0822. The number of nitrogens with one attached hydrogen (secondary N) is 1. The predicted molar refractivity (Wildman–Crippen MR) is 77.0 cm³/mol. The topological polar surface area (TPSA) is 57.4 Å². The lowest BCUT2D eigenvalue weighted by Gasteiger charge is -2.10. The number of aliphatic hydroxyl groups excluding tert-OH is 2. The normalized spacial score (nSPS) is 13.0. The molecule has 0 aliphatic heterocycles. The van der Waals surface area contributed by atoms with Gasteiger partial charge in [0.1, 0.15) is 0 Å². The summed E-state index contributed by atoms with van der Waals surface area (Å²) in [6.07, 6.45) is 2.38. The summed E-state index contributed by atoms with van der Waals surface area (Å²) in [4.78, 5) is 0. The van der Waals surface area contributed by atoms with Crippen molar-refractivity contribution in [3.05, 3.63) is 36.0 Å². The molecular weight excluding hydrogens is 240 g/mol. The molecule has 0 saturated heterocycles. The van der Waals surface area contributed by atoms with E-state index in [4.69, 9.17) is 5.11 Å². The molecule has 2 rings (SSSR count). The highest BCUT2D eigenvalue weighted by atomic mass is 16.3. The first-order chi connectivity index (χ1) is 9.24. The summed E-state index contributed by atoms with van der Waals surface area (Å²) in [5.74, 6) is 0. The number of hydrogen-bond donors (Lipinski definition) is 3. The summed E-state index contributed by atoms with van der Waals surface area (Å²) in [6.45, 7) is 4.28. The first-order valence-electron chi connectivity index (χ1n) is 6.82. The number of hydrogen-bond acceptors (Lipinski definition) is 3. The van der Waals surface area contributed by atoms with E-state index in [1.807, 2.05) is 16.8 Å². The molecule has 0 fully saturated rings. The van der Waals surface area contributed by atoms with Gasteiger partial charge in [-0.15, -0.1) is 0 Å². The maximum Gasteiger partial charge on any atom is 0.0949 e. The highest BCUT2D eigenvalue weighted by Gasteiger charge is 2.06. The minimum atomic E-state index is -0.707. The summed E-state index contributed by atoms with van der Waals surface area (Å²) >= 11 is 0. The second-order valence-electron chi connectivity index (χ2n) is 4.87. The van der Waals surface area contributed by atoms with Crippen LogP contribution in [0, 0.1) is 0 Å². The van der Waals surface area contributed by atoms with E-state index in [-0.39, 0.29) is 6.61 Å². The molecule has 1 aromatic heterocycles. The SMILES string of the molecule is CCCNCc1ccc2c(ccn2CC(O)CO)c1. The lowest BCUT2D eigenvalue weighted by atomic mass is 10.1. The van der Waals surface area contributed by atoms with Gasteiger partial charge in [-0.1, -0.05) is 13.0 Å². The van der Waals surface area contributed by atoms with E-state index in [1.54, 1.807) is 0 Å². The van der Waals surface area contributed by atoms with Gasteiger partial charge < -0.3 is 20.1 Å². The van der Waals surface area contributed by atoms with Gasteiger partial charge in [0.2, 0.25) is 0 Å². The van der Waals surface area contributed by atoms with Crippen molar-refractivity contribution in [3.63, 3.8) is 0 Å². The van der Waals surface area contributed by atoms with Crippen LogP contribution in [0.1, 0.15) is 18.9 Å². The van der Waals surface area contributed by atoms with Gasteiger partial charge >= 0.3 is 0 Å². The Hall–Kier alpha value is -1.36. The summed E-state index contributed by atoms with van der Waals surface area (Å²) in [5, 5.41) is 23.0. The van der Waals surface area contributed by atoms with Gasteiger partial charge in [-0.05, 0) is 42.1 Å². The van der Waals surface area contributed by atoms with Crippen LogP contribution in [0.5, 0.6) is 0 Å². The zero-order valence-electron chi connectivity index (χ0n) is 11.3. The molecule has 0 radical (unpaired) electrons. The van der Waals surface area contributed by atoms with Crippen molar-refractivity contribution >= 4 is 10.9 Å². The van der Waals surface area contributed by atoms with Crippen LogP contribution >= 0.6 is 0 Å². The Morgan fingerprint density at radius 2 is 2.16 bits per heavy atom. The molecule has 1 heterocycles. The third kappa shape index (κ3) is 3.56. The summed E-state index contributed by atoms with van der Waals surface area (Å²) in [7, 11) is 0. The Kier molecular flexibility index (Phi) is 4.96. The third-order valence-electron chi connectivity index (χ3n) is 3.21. The van der Waals surface area contributed by atoms with Crippen LogP contribution in [-0.2, 0) is 13.1 Å². The summed E-state index contributed by atoms with van der Waals surface area (Å²) < 4.78 is 1.97. The highest BCUT2D eigenvalue weighted by Crippen LogP contribution is 2.18. The number of rotatable bonds is 7. The largest absolute Gasteiger partial charge is 0.394 e. The first-order valence-corrected chi connectivity index (χ1v) is 6.82. The predicted octanol–water partition coefficient (Wildman–Crippen LogP) is 1.49. The fraction of sp³-hybridized carbons (Fsp3) is 0.467. The minimum Gasteiger partial charge on any atom is -0.394 e. The van der Waals surface area contributed by atoms with Gasteiger partial charge in [0, 0.05) is 18.3 Å². The Morgan fingerprint density at radius 3 is 2.89 bits per heavy atom. The molecule has 19 heavy (non-hydrogen) atoms. The fourth-order valence-electron chi connectivity index (χ4n) is 2.21. The molecule has 0 aliphatic carbocycles. The fourth-order valence-corrected chi connectivity index (χ4v) is 2.21. The van der Waals surface area contributed by atoms with Crippen LogP contribution in [0.2, 0.25) is 0 Å². The lowest BCUT2D eigenvalue weighted by Crippen LogP contribution is -2.19. The van der Waals surface area contributed by atoms with E-state index < -0.39 is 6.10 Å². The molecule has 1 unspecified atom stereocenters. The van der Waals surface area contributed by atoms with Crippen LogP contribution in [0.4, 0.5) is 0 Å². The van der Waals surface area contributed by atoms with E-state index >= 15 is 0 Å². The second kappa shape index (κ2) is 6.70. The molecule has 104 valence electrons. The van der Waals surface area contributed by atoms with E-state index in [0.717, 1.165) is 25.0 Å². The van der Waals surface area contributed by atoms with Crippen molar-refractivity contribution < 1.29 is 10.2 Å². The number of benzene rings is 1. The molecule has 0 saturated carbocycles. The average molecular weight is 262 g/mol. The standard InChI is InChI=1S/C15H22N2O2/c1-2-6-16-9-12-3-4-15-13(8-12)5-7-17(15)10-14(19)11-18/h3-5,7-8,14,16,18-19H,2,6,9-11H2,1H3. The average Bonchev–Trinajstić information content (AvgIpc) is 2.81. The molecule has 0 aliphatic rings. The van der Waals surface area contributed by atoms with Crippen LogP contribution in [-0.4, -0.2) is 34.0 Å². The Bertz CT molecular complexity index is 522. The monoisotopic (exact) mass is 262 g/mol. The van der Waals surface area contributed by atoms with Gasteiger partial charge in [-0.2, -0.15) is 0 Å². The molecule has 1 aromatic carbocycles. The molecule has 1 atom stereocenters. The van der Waals surface area contributed by atoms with Crippen molar-refractivity contribution in [1.29, 1.82) is 0 Å². The smallest absolute Gasteiger partial charge is 0.0949 e. The van der Waals surface area contributed by atoms with Gasteiger partial charge in [0.25, 0.3) is 0 Å². The van der Waals surface area contributed by atoms with Crippen molar-refractivity contribution in [1.82, 2.24) is 9.88 Å². The van der Waals surface area contributed by atoms with Crippen LogP contribution in [0.3, 0.4) is 0 Å². The Labute approximate surface area is 113 Å². The van der Waals surface area contributed by atoms with Crippen molar-refractivity contribution in [2.45, 2.75) is 32.5 Å². The first kappa shape index (κ1) is 14.1. The Morgan fingerprint density at radius 1 is 1.32 bits per heavy atom. The van der Waals surface area contributed by atoms with Gasteiger partial charge in [0.05, 0.1) is 19.3 Å². The Balaban J connectivity index is 2.12. The molecule has 0 spiro atoms. The van der Waals surface area contributed by atoms with Gasteiger partial charge in [-0.25, -0.2) is 0 Å². The van der Waals surface area contributed by atoms with E-state index in [0.29, 0.717) is 6.54 Å². The van der Waals surface area contributed by atoms with E-state index in [1.165, 1.54) is 10.9 Å². The van der Waals surface area contributed by atoms with E-state index in [2.05, 4.69) is 30.4 Å². The second-order valence-corrected chi connectivity index (χ2v) is 4.87. The minimum absolute atomic E-state index is 0.210. The zero-order chi connectivity index (χ0) is 13.7. The van der Waals surface area contributed by atoms with Crippen LogP contribution in [0.25, 0.3) is 10.9 Å². The molecule has 3 N–H and O–H groups in total. The van der Waals surface area contributed by atoms with Gasteiger partial charge in [0.15, 0.2) is 0 Å². The zero-order valence-corrected chi connectivity index (χ0v) is 11.3. The quantitative estimate of drug-likeness (QED) is 0.663. The molecule has 2 aromatic rings. The molecule has 0 amide bonds. The molecule has 4 nitrogen and oxygen atoms in total. The number of nitrogens with zero attached hydrogens (tertiary/aromatic N) is 1. The summed E-state index contributed by atoms with van der Waals surface area (Å²) in [5.41, 5.74) is 2.35. The molecule has 0 bridgehead atoms. The maximum atomic E-state index is 9.51. The number of aliphatic hydroxyl groups is 2. The van der Waals surface area contributed by atoms with Crippen molar-refractivity contribution in [3.8, 4) is 0 Å². The number of aromatic nitrogens is 1. The van der Waals surface area contributed by atoms with Crippen molar-refractivity contribution in [2.75, 3.05) is 13.2 Å². The van der Waals surface area contributed by atoms with E-state index in [9.17, 15) is 5.11 Å². The highest BCUT2D eigenvalue weighted by molar-refractivity contribution is 5.80. The maximum absolute atomic E-state index is 9.51. The van der Waals surface area contributed by atoms with Crippen LogP contribution in [0.15, 0.2) is 30.5 Å². The molecular formula is C15H22N2O2. The van der Waals surface area contributed by atoms with Crippen LogP contribution < -0.4 is 5.32 Å². The number of fused-ring (bicyclic) bond motifs is 1. The van der Waals surface area contributed by atoms with Crippen molar-refractivity contribution in [2.24, 2.45) is 0 Å².